The van der Waals surface area contributed by atoms with Crippen molar-refractivity contribution in [3.8, 4) is 5.69 Å². The van der Waals surface area contributed by atoms with E-state index in [1.807, 2.05) is 32.0 Å². The number of carbonyl (C=O) groups excluding carboxylic acids is 1. The lowest BCUT2D eigenvalue weighted by atomic mass is 10.1. The summed E-state index contributed by atoms with van der Waals surface area (Å²) >= 11 is 0. The molecule has 0 saturated heterocycles. The number of amides is 1. The van der Waals surface area contributed by atoms with Gasteiger partial charge in [-0.15, -0.1) is 0 Å². The second-order valence-electron chi connectivity index (χ2n) is 6.94. The fourth-order valence-electron chi connectivity index (χ4n) is 3.44. The highest BCUT2D eigenvalue weighted by Gasteiger charge is 2.23. The fraction of sp³-hybridized carbons (Fsp3) is 0.368. The van der Waals surface area contributed by atoms with Crippen LogP contribution < -0.4 is 11.0 Å². The Morgan fingerprint density at radius 2 is 1.96 bits per heavy atom. The van der Waals surface area contributed by atoms with Gasteiger partial charge in [0.15, 0.2) is 5.65 Å². The Morgan fingerprint density at radius 1 is 1.19 bits per heavy atom. The average molecular weight is 351 g/mol. The molecule has 7 nitrogen and oxygen atoms in total. The minimum atomic E-state index is -0.323. The summed E-state index contributed by atoms with van der Waals surface area (Å²) in [5.41, 5.74) is 6.01. The maximum Gasteiger partial charge on any atom is 0.283 e. The lowest BCUT2D eigenvalue weighted by molar-refractivity contribution is -0.120. The van der Waals surface area contributed by atoms with Crippen LogP contribution in [-0.4, -0.2) is 25.3 Å². The van der Waals surface area contributed by atoms with Crippen LogP contribution in [0, 0.1) is 19.8 Å². The number of hydrogen-bond acceptors (Lipinski definition) is 4. The monoisotopic (exact) mass is 351 g/mol. The van der Waals surface area contributed by atoms with Crippen LogP contribution in [0.15, 0.2) is 35.5 Å². The number of hydrogen-bond donors (Lipinski definition) is 1. The molecule has 2 heterocycles. The molecule has 1 aromatic carbocycles. The minimum absolute atomic E-state index is 0.0177. The van der Waals surface area contributed by atoms with Gasteiger partial charge in [0.1, 0.15) is 11.7 Å². The smallest absolute Gasteiger partial charge is 0.273 e. The van der Waals surface area contributed by atoms with Gasteiger partial charge < -0.3 is 0 Å². The first-order valence-corrected chi connectivity index (χ1v) is 8.88. The molecule has 0 bridgehead atoms. The molecule has 0 spiro atoms. The maximum absolute atomic E-state index is 12.7. The van der Waals surface area contributed by atoms with Gasteiger partial charge in [-0.1, -0.05) is 18.9 Å². The maximum atomic E-state index is 12.7. The van der Waals surface area contributed by atoms with Gasteiger partial charge in [-0.3, -0.25) is 15.0 Å². The Balaban J connectivity index is 1.70. The van der Waals surface area contributed by atoms with Gasteiger partial charge in [0.05, 0.1) is 11.9 Å². The van der Waals surface area contributed by atoms with E-state index >= 15 is 0 Å². The van der Waals surface area contributed by atoms with Crippen molar-refractivity contribution in [3.05, 3.63) is 52.2 Å². The summed E-state index contributed by atoms with van der Waals surface area (Å²) in [6.07, 6.45) is 6.73. The normalized spacial score (nSPS) is 14.8. The quantitative estimate of drug-likeness (QED) is 0.786. The Labute approximate surface area is 150 Å². The summed E-state index contributed by atoms with van der Waals surface area (Å²) in [7, 11) is 0. The number of fused-ring (bicyclic) bond motifs is 1. The van der Waals surface area contributed by atoms with Crippen molar-refractivity contribution < 1.29 is 4.79 Å². The molecule has 134 valence electrons. The van der Waals surface area contributed by atoms with Crippen LogP contribution in [-0.2, 0) is 4.79 Å². The van der Waals surface area contributed by atoms with Crippen molar-refractivity contribution in [2.24, 2.45) is 5.92 Å². The SMILES string of the molecule is Cc1ccc(-n2ncc3c(=O)n(NC(=O)C4CCCC4)cnc32)cc1C. The zero-order chi connectivity index (χ0) is 18.3. The van der Waals surface area contributed by atoms with Gasteiger partial charge in [-0.25, -0.2) is 14.3 Å². The van der Waals surface area contributed by atoms with Crippen molar-refractivity contribution in [3.63, 3.8) is 0 Å². The number of aryl methyl sites for hydroxylation is 2. The molecule has 1 amide bonds. The molecule has 1 aliphatic rings. The van der Waals surface area contributed by atoms with E-state index in [4.69, 9.17) is 0 Å². The Bertz CT molecular complexity index is 1040. The van der Waals surface area contributed by atoms with Gasteiger partial charge in [0.2, 0.25) is 5.91 Å². The molecule has 1 aliphatic carbocycles. The average Bonchev–Trinajstić information content (AvgIpc) is 3.29. The van der Waals surface area contributed by atoms with E-state index in [2.05, 4.69) is 15.5 Å². The predicted molar refractivity (Wildman–Crippen MR) is 98.9 cm³/mol. The topological polar surface area (TPSA) is 81.8 Å². The van der Waals surface area contributed by atoms with Crippen LogP contribution in [0.2, 0.25) is 0 Å². The molecule has 7 heteroatoms. The van der Waals surface area contributed by atoms with Crippen molar-refractivity contribution in [2.75, 3.05) is 5.43 Å². The van der Waals surface area contributed by atoms with E-state index < -0.39 is 0 Å². The molecule has 1 N–H and O–H groups in total. The van der Waals surface area contributed by atoms with Crippen molar-refractivity contribution in [2.45, 2.75) is 39.5 Å². The molecular formula is C19H21N5O2. The Kier molecular flexibility index (Phi) is 4.06. The molecule has 0 radical (unpaired) electrons. The predicted octanol–water partition coefficient (Wildman–Crippen LogP) is 2.46. The van der Waals surface area contributed by atoms with Crippen molar-refractivity contribution in [1.29, 1.82) is 0 Å². The van der Waals surface area contributed by atoms with Crippen LogP contribution in [0.25, 0.3) is 16.7 Å². The summed E-state index contributed by atoms with van der Waals surface area (Å²) in [4.78, 5) is 29.3. The second-order valence-corrected chi connectivity index (χ2v) is 6.94. The lowest BCUT2D eigenvalue weighted by Crippen LogP contribution is -2.36. The van der Waals surface area contributed by atoms with Crippen molar-refractivity contribution >= 4 is 16.9 Å². The number of nitrogens with zero attached hydrogens (tertiary/aromatic N) is 4. The first-order valence-electron chi connectivity index (χ1n) is 8.88. The van der Waals surface area contributed by atoms with E-state index in [9.17, 15) is 9.59 Å². The molecule has 1 saturated carbocycles. The van der Waals surface area contributed by atoms with E-state index in [0.717, 1.165) is 41.6 Å². The summed E-state index contributed by atoms with van der Waals surface area (Å²) in [5.74, 6) is -0.136. The first-order chi connectivity index (χ1) is 12.5. The highest BCUT2D eigenvalue weighted by molar-refractivity contribution is 5.86. The van der Waals surface area contributed by atoms with Crippen LogP contribution in [0.5, 0.6) is 0 Å². The van der Waals surface area contributed by atoms with Crippen molar-refractivity contribution in [1.82, 2.24) is 19.4 Å². The highest BCUT2D eigenvalue weighted by Crippen LogP contribution is 2.24. The highest BCUT2D eigenvalue weighted by atomic mass is 16.2. The zero-order valence-electron chi connectivity index (χ0n) is 14.9. The third kappa shape index (κ3) is 2.79. The number of rotatable bonds is 3. The van der Waals surface area contributed by atoms with E-state index in [0.29, 0.717) is 11.0 Å². The molecule has 0 unspecified atom stereocenters. The van der Waals surface area contributed by atoms with E-state index in [1.54, 1.807) is 4.68 Å². The first kappa shape index (κ1) is 16.5. The molecule has 26 heavy (non-hydrogen) atoms. The summed E-state index contributed by atoms with van der Waals surface area (Å²) in [6.45, 7) is 4.08. The summed E-state index contributed by atoms with van der Waals surface area (Å²) in [6, 6.07) is 5.97. The minimum Gasteiger partial charge on any atom is -0.273 e. The summed E-state index contributed by atoms with van der Waals surface area (Å²) < 4.78 is 2.81. The van der Waals surface area contributed by atoms with Gasteiger partial charge in [-0.05, 0) is 49.9 Å². The van der Waals surface area contributed by atoms with Gasteiger partial charge >= 0.3 is 0 Å². The number of carbonyl (C=O) groups is 1. The zero-order valence-corrected chi connectivity index (χ0v) is 14.9. The Hall–Kier alpha value is -2.96. The van der Waals surface area contributed by atoms with Gasteiger partial charge in [0.25, 0.3) is 5.56 Å². The second kappa shape index (κ2) is 6.40. The molecule has 1 fully saturated rings. The van der Waals surface area contributed by atoms with Gasteiger partial charge in [0, 0.05) is 5.92 Å². The number of benzene rings is 1. The standard InChI is InChI=1S/C19H21N5O2/c1-12-7-8-15(9-13(12)2)24-17-16(10-21-24)19(26)23(11-20-17)22-18(25)14-5-3-4-6-14/h7-11,14H,3-6H2,1-2H3,(H,22,25). The molecule has 2 aromatic heterocycles. The number of nitrogens with one attached hydrogen (secondary N) is 1. The fourth-order valence-corrected chi connectivity index (χ4v) is 3.44. The van der Waals surface area contributed by atoms with Crippen LogP contribution in [0.3, 0.4) is 0 Å². The van der Waals surface area contributed by atoms with E-state index in [-0.39, 0.29) is 17.4 Å². The van der Waals surface area contributed by atoms with Crippen LogP contribution >= 0.6 is 0 Å². The lowest BCUT2D eigenvalue weighted by Gasteiger charge is -2.12. The third-order valence-corrected chi connectivity index (χ3v) is 5.18. The third-order valence-electron chi connectivity index (χ3n) is 5.18. The van der Waals surface area contributed by atoms with Gasteiger partial charge in [-0.2, -0.15) is 5.10 Å². The molecular weight excluding hydrogens is 330 g/mol. The van der Waals surface area contributed by atoms with E-state index in [1.165, 1.54) is 18.1 Å². The molecule has 0 atom stereocenters. The molecule has 3 aromatic rings. The Morgan fingerprint density at radius 3 is 2.69 bits per heavy atom. The molecule has 0 aliphatic heterocycles. The largest absolute Gasteiger partial charge is 0.283 e. The number of aromatic nitrogens is 4. The molecule has 4 rings (SSSR count). The van der Waals surface area contributed by atoms with Crippen LogP contribution in [0.4, 0.5) is 0 Å². The summed E-state index contributed by atoms with van der Waals surface area (Å²) in [5, 5.41) is 4.70. The van der Waals surface area contributed by atoms with Crippen LogP contribution in [0.1, 0.15) is 36.8 Å².